The third kappa shape index (κ3) is 5.03. The van der Waals surface area contributed by atoms with E-state index in [2.05, 4.69) is 0 Å². The van der Waals surface area contributed by atoms with Crippen LogP contribution in [-0.4, -0.2) is 121 Å². The molecule has 0 spiro atoms. The zero-order valence-electron chi connectivity index (χ0n) is 17.5. The number of nitro benzene ring substituents is 1. The molecule has 2 saturated heterocycles. The van der Waals surface area contributed by atoms with Crippen molar-refractivity contribution in [3.05, 3.63) is 39.9 Å². The first-order valence-corrected chi connectivity index (χ1v) is 10.1. The number of aliphatic hydroxyl groups is 7. The summed E-state index contributed by atoms with van der Waals surface area (Å²) in [7, 11) is 0. The molecule has 3 rings (SSSR count). The van der Waals surface area contributed by atoms with Crippen LogP contribution in [0.3, 0.4) is 0 Å². The number of hydrogen-bond donors (Lipinski definition) is 7. The van der Waals surface area contributed by atoms with E-state index < -0.39 is 85.5 Å². The first-order valence-electron chi connectivity index (χ1n) is 10.1. The van der Waals surface area contributed by atoms with Gasteiger partial charge in [-0.2, -0.15) is 0 Å². The molecule has 2 fully saturated rings. The number of carbonyl (C=O) groups excluding carboxylic acids is 1. The second-order valence-corrected chi connectivity index (χ2v) is 7.78. The average molecular weight is 491 g/mol. The molecular weight excluding hydrogens is 466 g/mol. The highest BCUT2D eigenvalue weighted by Crippen LogP contribution is 2.36. The molecule has 0 aliphatic carbocycles. The van der Waals surface area contributed by atoms with Gasteiger partial charge in [-0.05, 0) is 12.1 Å². The van der Waals surface area contributed by atoms with Gasteiger partial charge in [-0.15, -0.1) is 0 Å². The van der Waals surface area contributed by atoms with Gasteiger partial charge < -0.3 is 54.7 Å². The molecule has 9 atom stereocenters. The van der Waals surface area contributed by atoms with Crippen LogP contribution in [-0.2, 0) is 18.9 Å². The molecular formula is C19H25NO14. The summed E-state index contributed by atoms with van der Waals surface area (Å²) in [4.78, 5) is 22.3. The number of aliphatic hydroxyl groups excluding tert-OH is 7. The molecule has 2 heterocycles. The normalized spacial score (nSPS) is 38.0. The summed E-state index contributed by atoms with van der Waals surface area (Å²) in [6.45, 7) is -2.44. The second kappa shape index (κ2) is 10.5. The molecule has 190 valence electrons. The fourth-order valence-corrected chi connectivity index (χ4v) is 3.58. The summed E-state index contributed by atoms with van der Waals surface area (Å²) >= 11 is 0. The Morgan fingerprint density at radius 2 is 1.65 bits per heavy atom. The lowest BCUT2D eigenvalue weighted by Gasteiger charge is -2.43. The lowest BCUT2D eigenvalue weighted by Crippen LogP contribution is -2.62. The Morgan fingerprint density at radius 1 is 1.00 bits per heavy atom. The van der Waals surface area contributed by atoms with Crippen molar-refractivity contribution >= 4 is 11.7 Å². The molecule has 7 N–H and O–H groups in total. The van der Waals surface area contributed by atoms with Crippen LogP contribution < -0.4 is 0 Å². The van der Waals surface area contributed by atoms with Crippen molar-refractivity contribution in [1.29, 1.82) is 0 Å². The van der Waals surface area contributed by atoms with Gasteiger partial charge >= 0.3 is 5.97 Å². The lowest BCUT2D eigenvalue weighted by atomic mass is 9.99. The van der Waals surface area contributed by atoms with Crippen LogP contribution in [0.25, 0.3) is 0 Å². The van der Waals surface area contributed by atoms with Crippen molar-refractivity contribution in [3.8, 4) is 0 Å². The summed E-state index contributed by atoms with van der Waals surface area (Å²) in [5, 5.41) is 80.5. The summed E-state index contributed by atoms with van der Waals surface area (Å²) < 4.78 is 20.9. The molecule has 0 saturated carbocycles. The van der Waals surface area contributed by atoms with E-state index in [9.17, 15) is 50.7 Å². The molecule has 1 aromatic rings. The van der Waals surface area contributed by atoms with Crippen molar-refractivity contribution in [2.45, 2.75) is 54.8 Å². The smallest absolute Gasteiger partial charge is 0.338 e. The Morgan fingerprint density at radius 3 is 2.18 bits per heavy atom. The van der Waals surface area contributed by atoms with Gasteiger partial charge in [-0.3, -0.25) is 10.1 Å². The Labute approximate surface area is 191 Å². The third-order valence-corrected chi connectivity index (χ3v) is 5.58. The SMILES string of the molecule is O=C(OCC1O[C@@H](O[C@]2(CO)O[C@@H](CO)C(O)C2O)C(O)C(O)[C@@H]1O)c1ccc([N+](=O)[O-])cc1. The van der Waals surface area contributed by atoms with Gasteiger partial charge in [-0.25, -0.2) is 4.79 Å². The number of benzene rings is 1. The van der Waals surface area contributed by atoms with Gasteiger partial charge in [0.15, 0.2) is 6.29 Å². The Bertz CT molecular complexity index is 867. The van der Waals surface area contributed by atoms with Crippen LogP contribution in [0.5, 0.6) is 0 Å². The van der Waals surface area contributed by atoms with Crippen molar-refractivity contribution < 1.29 is 64.4 Å². The van der Waals surface area contributed by atoms with E-state index in [0.29, 0.717) is 0 Å². The van der Waals surface area contributed by atoms with Crippen molar-refractivity contribution in [2.75, 3.05) is 19.8 Å². The molecule has 34 heavy (non-hydrogen) atoms. The van der Waals surface area contributed by atoms with E-state index in [-0.39, 0.29) is 11.3 Å². The zero-order chi connectivity index (χ0) is 25.2. The van der Waals surface area contributed by atoms with Gasteiger partial charge in [-0.1, -0.05) is 0 Å². The van der Waals surface area contributed by atoms with Gasteiger partial charge in [0.25, 0.3) is 5.69 Å². The maximum absolute atomic E-state index is 12.2. The fraction of sp³-hybridized carbons (Fsp3) is 0.632. The third-order valence-electron chi connectivity index (χ3n) is 5.58. The summed E-state index contributed by atoms with van der Waals surface area (Å²) in [5.74, 6) is -3.28. The van der Waals surface area contributed by atoms with Crippen LogP contribution in [0.4, 0.5) is 5.69 Å². The van der Waals surface area contributed by atoms with E-state index >= 15 is 0 Å². The topological polar surface area (TPSA) is 239 Å². The van der Waals surface area contributed by atoms with Crippen LogP contribution in [0, 0.1) is 10.1 Å². The molecule has 1 aromatic carbocycles. The number of rotatable bonds is 8. The minimum Gasteiger partial charge on any atom is -0.459 e. The molecule has 15 heteroatoms. The highest BCUT2D eigenvalue weighted by Gasteiger charge is 2.58. The fourth-order valence-electron chi connectivity index (χ4n) is 3.58. The van der Waals surface area contributed by atoms with E-state index in [1.807, 2.05) is 0 Å². The number of ether oxygens (including phenoxy) is 4. The first kappa shape index (κ1) is 26.3. The summed E-state index contributed by atoms with van der Waals surface area (Å²) in [6, 6.07) is 4.47. The molecule has 0 radical (unpaired) electrons. The minimum atomic E-state index is -2.35. The molecule has 0 amide bonds. The van der Waals surface area contributed by atoms with E-state index in [0.717, 1.165) is 24.3 Å². The lowest BCUT2D eigenvalue weighted by molar-refractivity contribution is -0.384. The molecule has 2 aliphatic heterocycles. The van der Waals surface area contributed by atoms with E-state index in [1.165, 1.54) is 0 Å². The van der Waals surface area contributed by atoms with Gasteiger partial charge in [0.1, 0.15) is 55.9 Å². The van der Waals surface area contributed by atoms with Crippen molar-refractivity contribution in [2.24, 2.45) is 0 Å². The van der Waals surface area contributed by atoms with Gasteiger partial charge in [0.2, 0.25) is 5.79 Å². The monoisotopic (exact) mass is 491 g/mol. The molecule has 0 bridgehead atoms. The molecule has 15 nitrogen and oxygen atoms in total. The largest absolute Gasteiger partial charge is 0.459 e. The number of nitro groups is 1. The predicted molar refractivity (Wildman–Crippen MR) is 105 cm³/mol. The highest BCUT2D eigenvalue weighted by molar-refractivity contribution is 5.89. The second-order valence-electron chi connectivity index (χ2n) is 7.78. The number of hydrogen-bond acceptors (Lipinski definition) is 14. The maximum atomic E-state index is 12.2. The molecule has 2 aliphatic rings. The average Bonchev–Trinajstić information content (AvgIpc) is 3.08. The Kier molecular flexibility index (Phi) is 8.14. The van der Waals surface area contributed by atoms with Crippen LogP contribution in [0.15, 0.2) is 24.3 Å². The number of esters is 1. The molecule has 0 aromatic heterocycles. The Balaban J connectivity index is 1.68. The van der Waals surface area contributed by atoms with Crippen molar-refractivity contribution in [3.63, 3.8) is 0 Å². The quantitative estimate of drug-likeness (QED) is 0.106. The summed E-state index contributed by atoms with van der Waals surface area (Å²) in [6.07, 6.45) is -13.7. The number of carbonyl (C=O) groups is 1. The first-order chi connectivity index (χ1) is 16.0. The molecule has 5 unspecified atom stereocenters. The number of nitrogens with zero attached hydrogens (tertiary/aromatic N) is 1. The zero-order valence-corrected chi connectivity index (χ0v) is 17.5. The van der Waals surface area contributed by atoms with Gasteiger partial charge in [0.05, 0.1) is 17.1 Å². The standard InChI is InChI=1S/C19H25NO14/c21-5-10-13(24)16(27)19(7-22,33-10)34-18-15(26)14(25)12(23)11(32-18)6-31-17(28)8-1-3-9(4-2-8)20(29)30/h1-4,10-16,18,21-27H,5-7H2/t10-,11?,12+,13?,14?,15?,16?,18-,19-/m0/s1. The highest BCUT2D eigenvalue weighted by atomic mass is 16.8. The van der Waals surface area contributed by atoms with Crippen LogP contribution in [0.2, 0.25) is 0 Å². The predicted octanol–water partition coefficient (Wildman–Crippen LogP) is -3.62. The van der Waals surface area contributed by atoms with Gasteiger partial charge in [0, 0.05) is 12.1 Å². The minimum absolute atomic E-state index is 0.0463. The van der Waals surface area contributed by atoms with Crippen LogP contribution >= 0.6 is 0 Å². The Hall–Kier alpha value is -2.31. The number of non-ortho nitro benzene ring substituents is 1. The van der Waals surface area contributed by atoms with Crippen molar-refractivity contribution in [1.82, 2.24) is 0 Å². The maximum Gasteiger partial charge on any atom is 0.338 e. The van der Waals surface area contributed by atoms with E-state index in [1.54, 1.807) is 0 Å². The van der Waals surface area contributed by atoms with Crippen LogP contribution in [0.1, 0.15) is 10.4 Å². The summed E-state index contributed by atoms with van der Waals surface area (Å²) in [5.41, 5.74) is -0.294. The van der Waals surface area contributed by atoms with E-state index in [4.69, 9.17) is 18.9 Å².